The van der Waals surface area contributed by atoms with Gasteiger partial charge in [-0.15, -0.1) is 0 Å². The molecule has 10 nitrogen and oxygen atoms in total. The smallest absolute Gasteiger partial charge is 0.306 e. The van der Waals surface area contributed by atoms with Crippen LogP contribution < -0.4 is 9.47 Å². The fraction of sp³-hybridized carbons (Fsp3) is 0.571. The summed E-state index contributed by atoms with van der Waals surface area (Å²) >= 11 is 0. The van der Waals surface area contributed by atoms with Crippen molar-refractivity contribution in [2.45, 2.75) is 126 Å². The van der Waals surface area contributed by atoms with Gasteiger partial charge in [-0.25, -0.2) is 13.8 Å². The van der Waals surface area contributed by atoms with Gasteiger partial charge in [0, 0.05) is 35.9 Å². The van der Waals surface area contributed by atoms with Crippen molar-refractivity contribution in [3.63, 3.8) is 0 Å². The van der Waals surface area contributed by atoms with Crippen LogP contribution in [-0.4, -0.2) is 69.5 Å². The van der Waals surface area contributed by atoms with Crippen LogP contribution in [0.3, 0.4) is 0 Å². The van der Waals surface area contributed by atoms with Gasteiger partial charge in [-0.3, -0.25) is 18.9 Å². The van der Waals surface area contributed by atoms with Gasteiger partial charge in [0.05, 0.1) is 37.4 Å². The summed E-state index contributed by atoms with van der Waals surface area (Å²) in [7, 11) is -2.79. The second kappa shape index (κ2) is 16.7. The first kappa shape index (κ1) is 39.3. The quantitative estimate of drug-likeness (QED) is 0.168. The lowest BCUT2D eigenvalue weighted by Crippen LogP contribution is -2.45. The third-order valence-electron chi connectivity index (χ3n) is 12.4. The lowest BCUT2D eigenvalue weighted by atomic mass is 9.94. The molecule has 3 heterocycles. The number of pyridine rings is 1. The number of ketones is 1. The number of amides is 1. The number of hydrogen-bond donors (Lipinski definition) is 1. The molecule has 1 unspecified atom stereocenters. The van der Waals surface area contributed by atoms with Crippen LogP contribution in [0.4, 0.5) is 8.78 Å². The molecule has 2 saturated heterocycles. The molecule has 3 aromatic rings. The molecule has 7 rings (SSSR count). The number of carbonyl (C=O) groups excluding carboxylic acids is 3. The summed E-state index contributed by atoms with van der Waals surface area (Å²) in [5.41, 5.74) is -0.463. The fourth-order valence-corrected chi connectivity index (χ4v) is 11.9. The number of carbonyl (C=O) groups is 3. The predicted octanol–water partition coefficient (Wildman–Crippen LogP) is 8.29. The minimum Gasteiger partial charge on any atom is -0.497 e. The molecule has 2 aromatic carbocycles. The Labute approximate surface area is 320 Å². The topological polar surface area (TPSA) is 132 Å². The number of ether oxygens (including phenoxy) is 3. The number of esters is 1. The Morgan fingerprint density at radius 3 is 2.42 bits per heavy atom. The zero-order chi connectivity index (χ0) is 38.7. The van der Waals surface area contributed by atoms with Crippen LogP contribution in [0.1, 0.15) is 102 Å². The van der Waals surface area contributed by atoms with E-state index in [0.717, 1.165) is 80.7 Å². The molecular formula is C42H51F2N2O8P. The van der Waals surface area contributed by atoms with E-state index in [2.05, 4.69) is 4.98 Å². The molecule has 13 heteroatoms. The Morgan fingerprint density at radius 1 is 0.964 bits per heavy atom. The molecule has 1 N–H and O–H groups in total. The molecule has 0 radical (unpaired) electrons. The maximum atomic E-state index is 14.8. The van der Waals surface area contributed by atoms with E-state index in [0.29, 0.717) is 24.5 Å². The van der Waals surface area contributed by atoms with Crippen molar-refractivity contribution < 1.29 is 46.8 Å². The largest absolute Gasteiger partial charge is 0.497 e. The number of methoxy groups -OCH3 is 1. The highest BCUT2D eigenvalue weighted by Crippen LogP contribution is 2.75. The second-order valence-electron chi connectivity index (χ2n) is 16.0. The summed E-state index contributed by atoms with van der Waals surface area (Å²) in [5, 5.41) is 0.184. The maximum Gasteiger partial charge on any atom is 0.306 e. The van der Waals surface area contributed by atoms with Crippen molar-refractivity contribution in [1.82, 2.24) is 9.88 Å². The summed E-state index contributed by atoms with van der Waals surface area (Å²) in [5.74, 6) is -2.98. The zero-order valence-corrected chi connectivity index (χ0v) is 32.3. The number of nitrogens with zero attached hydrogens (tertiary/aromatic N) is 2. The Hall–Kier alpha value is -3.89. The van der Waals surface area contributed by atoms with E-state index < -0.39 is 65.7 Å². The Morgan fingerprint density at radius 2 is 1.67 bits per heavy atom. The highest BCUT2D eigenvalue weighted by atomic mass is 31.2. The monoisotopic (exact) mass is 780 g/mol. The van der Waals surface area contributed by atoms with E-state index in [1.165, 1.54) is 11.0 Å². The van der Waals surface area contributed by atoms with Crippen LogP contribution >= 0.6 is 7.37 Å². The Kier molecular flexibility index (Phi) is 11.9. The number of fused-ring (bicyclic) bond motifs is 3. The van der Waals surface area contributed by atoms with E-state index in [1.807, 2.05) is 18.2 Å². The second-order valence-corrected chi connectivity index (χ2v) is 18.6. The minimum atomic E-state index is -4.37. The van der Waals surface area contributed by atoms with Gasteiger partial charge in [-0.2, -0.15) is 0 Å². The van der Waals surface area contributed by atoms with E-state index in [-0.39, 0.29) is 50.2 Å². The van der Waals surface area contributed by atoms with Crippen LogP contribution in [0.25, 0.3) is 10.8 Å². The van der Waals surface area contributed by atoms with E-state index >= 15 is 0 Å². The fourth-order valence-electron chi connectivity index (χ4n) is 9.22. The molecule has 6 atom stereocenters. The van der Waals surface area contributed by atoms with Crippen molar-refractivity contribution >= 4 is 35.8 Å². The summed E-state index contributed by atoms with van der Waals surface area (Å²) in [6.45, 7) is 0.0469. The lowest BCUT2D eigenvalue weighted by molar-refractivity contribution is -0.154. The average molecular weight is 781 g/mol. The van der Waals surface area contributed by atoms with Gasteiger partial charge in [-0.05, 0) is 92.6 Å². The molecule has 1 amide bonds. The summed E-state index contributed by atoms with van der Waals surface area (Å²) < 4.78 is 61.7. The molecule has 0 spiro atoms. The highest BCUT2D eigenvalue weighted by molar-refractivity contribution is 7.59. The van der Waals surface area contributed by atoms with Crippen LogP contribution in [0, 0.1) is 23.5 Å². The lowest BCUT2D eigenvalue weighted by Gasteiger charge is -2.30. The molecule has 4 aliphatic rings. The number of halogens is 2. The standard InChI is InChI=1S/C42H51F2N2O8P/c1-52-31-16-17-33-27(20-31)18-19-45-40(33)54-32-22-37-38(47)24-42(55(50,51)26-34-35(43)14-9-15-36(34)44)23-29(42)11-6-4-2-3-5-10-28(41(49)46(37)25-32)21-39(48)53-30-12-7-8-13-30/h9,14-20,28-30,32,37H,2-8,10-13,21-26H2,1H3,(H,50,51)/t28-,29-,32-,37+,42-/m1/s1. The molecule has 0 bridgehead atoms. The molecule has 55 heavy (non-hydrogen) atoms. The van der Waals surface area contributed by atoms with E-state index in [1.54, 1.807) is 19.4 Å². The van der Waals surface area contributed by atoms with Crippen LogP contribution in [0.2, 0.25) is 0 Å². The first-order valence-electron chi connectivity index (χ1n) is 19.8. The van der Waals surface area contributed by atoms with E-state index in [9.17, 15) is 32.6 Å². The molecule has 296 valence electrons. The summed E-state index contributed by atoms with van der Waals surface area (Å²) in [6.07, 6.45) is 8.83. The molecule has 2 saturated carbocycles. The maximum absolute atomic E-state index is 14.8. The first-order valence-corrected chi connectivity index (χ1v) is 21.7. The van der Waals surface area contributed by atoms with E-state index in [4.69, 9.17) is 14.2 Å². The molecule has 2 aliphatic heterocycles. The average Bonchev–Trinajstić information content (AvgIpc) is 3.43. The number of aromatic nitrogens is 1. The zero-order valence-electron chi connectivity index (χ0n) is 31.4. The number of hydrogen-bond acceptors (Lipinski definition) is 8. The van der Waals surface area contributed by atoms with Gasteiger partial charge in [0.15, 0.2) is 5.78 Å². The van der Waals surface area contributed by atoms with Gasteiger partial charge in [0.1, 0.15) is 29.6 Å². The minimum absolute atomic E-state index is 0.0469. The van der Waals surface area contributed by atoms with Gasteiger partial charge in [0.2, 0.25) is 19.2 Å². The Balaban J connectivity index is 1.19. The van der Waals surface area contributed by atoms with Gasteiger partial charge in [-0.1, -0.05) is 38.2 Å². The van der Waals surface area contributed by atoms with Crippen molar-refractivity contribution in [1.29, 1.82) is 0 Å². The normalized spacial score (nSPS) is 27.7. The summed E-state index contributed by atoms with van der Waals surface area (Å²) in [6, 6.07) is 9.64. The summed E-state index contributed by atoms with van der Waals surface area (Å²) in [4.78, 5) is 60.3. The van der Waals surface area contributed by atoms with Crippen LogP contribution in [0.5, 0.6) is 11.6 Å². The van der Waals surface area contributed by atoms with Crippen molar-refractivity contribution in [2.24, 2.45) is 11.8 Å². The molecule has 4 fully saturated rings. The Bertz CT molecular complexity index is 1940. The SMILES string of the molecule is COc1ccc2c(O[C@@H]3C[C@H]4C(=O)C[C@]5(P(=O)(O)Cc6c(F)cccc6F)C[C@H]5CCCCCCC[C@H](CC(=O)OC5CCCC5)C(=O)N4C3)nccc2c1. The molecule has 1 aromatic heterocycles. The number of benzene rings is 2. The third-order valence-corrected chi connectivity index (χ3v) is 15.3. The highest BCUT2D eigenvalue weighted by Gasteiger charge is 2.66. The van der Waals surface area contributed by atoms with Gasteiger partial charge >= 0.3 is 5.97 Å². The molecule has 2 aliphatic carbocycles. The van der Waals surface area contributed by atoms with Gasteiger partial charge in [0.25, 0.3) is 0 Å². The van der Waals surface area contributed by atoms with Crippen molar-refractivity contribution in [3.8, 4) is 11.6 Å². The van der Waals surface area contributed by atoms with Crippen molar-refractivity contribution in [3.05, 3.63) is 65.9 Å². The van der Waals surface area contributed by atoms with Crippen molar-refractivity contribution in [2.75, 3.05) is 13.7 Å². The first-order chi connectivity index (χ1) is 26.5. The van der Waals surface area contributed by atoms with Gasteiger partial charge < -0.3 is 24.0 Å². The molecular weight excluding hydrogens is 729 g/mol. The number of rotatable bonds is 9. The number of Topliss-reactive ketones (excluding diaryl/α,β-unsaturated/α-hetero) is 1. The third kappa shape index (κ3) is 8.60. The predicted molar refractivity (Wildman–Crippen MR) is 202 cm³/mol. The van der Waals surface area contributed by atoms with Crippen LogP contribution in [-0.2, 0) is 29.8 Å². The van der Waals surface area contributed by atoms with Crippen LogP contribution in [0.15, 0.2) is 48.7 Å².